The zero-order valence-corrected chi connectivity index (χ0v) is 7.15. The second-order valence-electron chi connectivity index (χ2n) is 2.46. The lowest BCUT2D eigenvalue weighted by Crippen LogP contribution is -2.05. The molecule has 0 saturated carbocycles. The van der Waals surface area contributed by atoms with Gasteiger partial charge in [-0.1, -0.05) is 12.1 Å². The fraction of sp³-hybridized carbons (Fsp3) is 0.222. The molecule has 1 aromatic carbocycles. The Kier molecular flexibility index (Phi) is 2.87. The molecule has 1 rings (SSSR count). The zero-order chi connectivity index (χ0) is 9.84. The smallest absolute Gasteiger partial charge is 0.339 e. The van der Waals surface area contributed by atoms with Gasteiger partial charge in [0.05, 0.1) is 13.7 Å². The van der Waals surface area contributed by atoms with E-state index in [1.54, 1.807) is 18.2 Å². The number of hydrogen-bond acceptors (Lipinski definition) is 3. The van der Waals surface area contributed by atoms with Gasteiger partial charge in [0.2, 0.25) is 0 Å². The van der Waals surface area contributed by atoms with Crippen LogP contribution < -0.4 is 4.74 Å². The normalized spacial score (nSPS) is 9.69. The van der Waals surface area contributed by atoms with Crippen molar-refractivity contribution in [3.05, 3.63) is 29.3 Å². The zero-order valence-electron chi connectivity index (χ0n) is 7.15. The molecule has 0 aromatic heterocycles. The van der Waals surface area contributed by atoms with Crippen molar-refractivity contribution >= 4 is 5.97 Å². The van der Waals surface area contributed by atoms with Crippen molar-refractivity contribution < 1.29 is 19.7 Å². The number of methoxy groups -OCH3 is 1. The number of aliphatic hydroxyl groups is 1. The van der Waals surface area contributed by atoms with Crippen molar-refractivity contribution in [2.24, 2.45) is 0 Å². The van der Waals surface area contributed by atoms with Crippen molar-refractivity contribution in [1.82, 2.24) is 0 Å². The van der Waals surface area contributed by atoms with E-state index in [0.29, 0.717) is 5.56 Å². The molecule has 4 heteroatoms. The lowest BCUT2D eigenvalue weighted by atomic mass is 10.1. The molecule has 4 nitrogen and oxygen atoms in total. The summed E-state index contributed by atoms with van der Waals surface area (Å²) in [5.41, 5.74) is 0.374. The third kappa shape index (κ3) is 1.78. The van der Waals surface area contributed by atoms with Crippen LogP contribution in [0.5, 0.6) is 5.75 Å². The Hall–Kier alpha value is -1.55. The minimum Gasteiger partial charge on any atom is -0.496 e. The van der Waals surface area contributed by atoms with Gasteiger partial charge < -0.3 is 14.9 Å². The van der Waals surface area contributed by atoms with Gasteiger partial charge in [-0.25, -0.2) is 4.79 Å². The molecule has 2 N–H and O–H groups in total. The minimum absolute atomic E-state index is 0.0208. The maximum absolute atomic E-state index is 10.8. The van der Waals surface area contributed by atoms with E-state index in [1.165, 1.54) is 7.11 Å². The second kappa shape index (κ2) is 3.91. The van der Waals surface area contributed by atoms with Crippen LogP contribution in [0.15, 0.2) is 18.2 Å². The number of aliphatic hydroxyl groups excluding tert-OH is 1. The van der Waals surface area contributed by atoms with Gasteiger partial charge in [0, 0.05) is 0 Å². The van der Waals surface area contributed by atoms with Crippen LogP contribution >= 0.6 is 0 Å². The number of carbonyl (C=O) groups is 1. The Balaban J connectivity index is 3.29. The van der Waals surface area contributed by atoms with Crippen LogP contribution in [0.25, 0.3) is 0 Å². The van der Waals surface area contributed by atoms with Crippen molar-refractivity contribution in [3.8, 4) is 5.75 Å². The largest absolute Gasteiger partial charge is 0.496 e. The third-order valence-corrected chi connectivity index (χ3v) is 1.72. The standard InChI is InChI=1S/C9H10O4/c1-13-7-4-2-3-6(5-10)8(7)9(11)12/h2-4,10H,5H2,1H3,(H,11,12). The van der Waals surface area contributed by atoms with E-state index in [1.807, 2.05) is 0 Å². The van der Waals surface area contributed by atoms with Gasteiger partial charge in [-0.05, 0) is 11.6 Å². The van der Waals surface area contributed by atoms with Crippen molar-refractivity contribution in [2.75, 3.05) is 7.11 Å². The molecule has 0 heterocycles. The molecule has 13 heavy (non-hydrogen) atoms. The topological polar surface area (TPSA) is 66.8 Å². The minimum atomic E-state index is -1.10. The van der Waals surface area contributed by atoms with Crippen molar-refractivity contribution in [3.63, 3.8) is 0 Å². The maximum Gasteiger partial charge on any atom is 0.339 e. The molecule has 0 amide bonds. The first kappa shape index (κ1) is 9.54. The SMILES string of the molecule is COc1cccc(CO)c1C(=O)O. The highest BCUT2D eigenvalue weighted by molar-refractivity contribution is 5.92. The average molecular weight is 182 g/mol. The first-order valence-corrected chi connectivity index (χ1v) is 3.70. The molecule has 0 aliphatic carbocycles. The highest BCUT2D eigenvalue weighted by Crippen LogP contribution is 2.21. The summed E-state index contributed by atoms with van der Waals surface area (Å²) in [5.74, 6) is -0.833. The van der Waals surface area contributed by atoms with Gasteiger partial charge in [-0.3, -0.25) is 0 Å². The fourth-order valence-electron chi connectivity index (χ4n) is 1.12. The highest BCUT2D eigenvalue weighted by atomic mass is 16.5. The lowest BCUT2D eigenvalue weighted by molar-refractivity contribution is 0.0689. The van der Waals surface area contributed by atoms with Crippen LogP contribution in [0.3, 0.4) is 0 Å². The monoisotopic (exact) mass is 182 g/mol. The molecule has 0 saturated heterocycles. The Labute approximate surface area is 75.4 Å². The number of benzene rings is 1. The summed E-state index contributed by atoms with van der Waals surface area (Å²) in [6, 6.07) is 4.73. The van der Waals surface area contributed by atoms with E-state index in [2.05, 4.69) is 0 Å². The summed E-state index contributed by atoms with van der Waals surface area (Å²) in [4.78, 5) is 10.8. The number of rotatable bonds is 3. The molecule has 1 aromatic rings. The summed E-state index contributed by atoms with van der Waals surface area (Å²) in [7, 11) is 1.39. The van der Waals surface area contributed by atoms with Crippen LogP contribution in [0, 0.1) is 0 Å². The van der Waals surface area contributed by atoms with Gasteiger partial charge in [-0.15, -0.1) is 0 Å². The number of hydrogen-bond donors (Lipinski definition) is 2. The first-order chi connectivity index (χ1) is 6.20. The molecule has 0 radical (unpaired) electrons. The van der Waals surface area contributed by atoms with E-state index in [9.17, 15) is 4.79 Å². The third-order valence-electron chi connectivity index (χ3n) is 1.72. The van der Waals surface area contributed by atoms with Gasteiger partial charge in [-0.2, -0.15) is 0 Å². The predicted octanol–water partition coefficient (Wildman–Crippen LogP) is 0.886. The summed E-state index contributed by atoms with van der Waals surface area (Å²) < 4.78 is 4.86. The molecule has 0 unspecified atom stereocenters. The Morgan fingerprint density at radius 3 is 2.69 bits per heavy atom. The molecule has 0 aliphatic rings. The Bertz CT molecular complexity index is 297. The number of carboxylic acids is 1. The molecule has 0 aliphatic heterocycles. The summed E-state index contributed by atoms with van der Waals surface area (Å²) in [6.45, 7) is -0.307. The van der Waals surface area contributed by atoms with Crippen LogP contribution in [-0.2, 0) is 6.61 Å². The van der Waals surface area contributed by atoms with E-state index >= 15 is 0 Å². The van der Waals surface area contributed by atoms with Gasteiger partial charge in [0.25, 0.3) is 0 Å². The quantitative estimate of drug-likeness (QED) is 0.728. The molecule has 0 bridgehead atoms. The molecular formula is C9H10O4. The van der Waals surface area contributed by atoms with E-state index in [0.717, 1.165) is 0 Å². The second-order valence-corrected chi connectivity index (χ2v) is 2.46. The first-order valence-electron chi connectivity index (χ1n) is 3.70. The number of carboxylic acid groups (broad SMARTS) is 1. The average Bonchev–Trinajstić information content (AvgIpc) is 2.16. The van der Waals surface area contributed by atoms with Gasteiger partial charge >= 0.3 is 5.97 Å². The van der Waals surface area contributed by atoms with Crippen LogP contribution in [0.4, 0.5) is 0 Å². The van der Waals surface area contributed by atoms with E-state index in [-0.39, 0.29) is 17.9 Å². The molecule has 0 atom stereocenters. The van der Waals surface area contributed by atoms with Crippen LogP contribution in [-0.4, -0.2) is 23.3 Å². The van der Waals surface area contributed by atoms with Gasteiger partial charge in [0.15, 0.2) is 0 Å². The number of aromatic carboxylic acids is 1. The maximum atomic E-state index is 10.8. The predicted molar refractivity (Wildman–Crippen MR) is 45.9 cm³/mol. The Morgan fingerprint density at radius 1 is 1.54 bits per heavy atom. The van der Waals surface area contributed by atoms with Crippen molar-refractivity contribution in [1.29, 1.82) is 0 Å². The van der Waals surface area contributed by atoms with Crippen molar-refractivity contribution in [2.45, 2.75) is 6.61 Å². The van der Waals surface area contributed by atoms with Crippen LogP contribution in [0.1, 0.15) is 15.9 Å². The Morgan fingerprint density at radius 2 is 2.23 bits per heavy atom. The lowest BCUT2D eigenvalue weighted by Gasteiger charge is -2.07. The summed E-state index contributed by atoms with van der Waals surface area (Å²) in [6.07, 6.45) is 0. The summed E-state index contributed by atoms with van der Waals surface area (Å²) >= 11 is 0. The van der Waals surface area contributed by atoms with Crippen LogP contribution in [0.2, 0.25) is 0 Å². The van der Waals surface area contributed by atoms with Gasteiger partial charge in [0.1, 0.15) is 11.3 Å². The molecule has 0 fully saturated rings. The highest BCUT2D eigenvalue weighted by Gasteiger charge is 2.14. The molecule has 0 spiro atoms. The number of ether oxygens (including phenoxy) is 1. The van der Waals surface area contributed by atoms with E-state index < -0.39 is 5.97 Å². The molecular weight excluding hydrogens is 172 g/mol. The van der Waals surface area contributed by atoms with E-state index in [4.69, 9.17) is 14.9 Å². The fourth-order valence-corrected chi connectivity index (χ4v) is 1.12. The molecule has 70 valence electrons. The summed E-state index contributed by atoms with van der Waals surface area (Å²) in [5, 5.41) is 17.7.